The van der Waals surface area contributed by atoms with E-state index in [4.69, 9.17) is 4.74 Å². The van der Waals surface area contributed by atoms with Gasteiger partial charge < -0.3 is 10.1 Å². The van der Waals surface area contributed by atoms with Crippen LogP contribution in [0.1, 0.15) is 20.8 Å². The summed E-state index contributed by atoms with van der Waals surface area (Å²) in [5.41, 5.74) is -0.00630. The average molecular weight is 376 g/mol. The molecule has 0 saturated carbocycles. The molecule has 0 unspecified atom stereocenters. The van der Waals surface area contributed by atoms with Crippen LogP contribution >= 0.6 is 0 Å². The molecular formula is C18H20N2O5S. The average Bonchev–Trinajstić information content (AvgIpc) is 2.75. The summed E-state index contributed by atoms with van der Waals surface area (Å²) in [6.45, 7) is 4.48. The molecule has 8 heteroatoms. The zero-order chi connectivity index (χ0) is 19.1. The molecule has 2 aromatic rings. The lowest BCUT2D eigenvalue weighted by atomic mass is 10.1. The normalized spacial score (nSPS) is 15.1. The first-order valence-corrected chi connectivity index (χ1v) is 9.55. The van der Waals surface area contributed by atoms with E-state index in [9.17, 15) is 18.0 Å². The number of carbonyl (C=O) groups is 2. The predicted octanol–water partition coefficient (Wildman–Crippen LogP) is 1.81. The minimum atomic E-state index is -3.83. The van der Waals surface area contributed by atoms with E-state index in [1.807, 2.05) is 12.1 Å². The Bertz CT molecular complexity index is 987. The third-order valence-corrected chi connectivity index (χ3v) is 5.63. The molecule has 1 amide bonds. The van der Waals surface area contributed by atoms with E-state index in [-0.39, 0.29) is 4.90 Å². The van der Waals surface area contributed by atoms with E-state index in [1.54, 1.807) is 39.0 Å². The second-order valence-corrected chi connectivity index (χ2v) is 8.93. The second-order valence-electron chi connectivity index (χ2n) is 7.10. The van der Waals surface area contributed by atoms with Gasteiger partial charge in [-0.1, -0.05) is 24.3 Å². The molecule has 0 atom stereocenters. The molecule has 0 fully saturated rings. The van der Waals surface area contributed by atoms with Crippen molar-refractivity contribution in [2.45, 2.75) is 31.2 Å². The number of ether oxygens (including phenoxy) is 1. The van der Waals surface area contributed by atoms with Gasteiger partial charge in [0.05, 0.1) is 10.6 Å². The highest BCUT2D eigenvalue weighted by Gasteiger charge is 2.37. The monoisotopic (exact) mass is 376 g/mol. The molecule has 1 heterocycles. The van der Waals surface area contributed by atoms with Crippen molar-refractivity contribution in [2.75, 3.05) is 17.5 Å². The number of anilines is 1. The number of rotatable bonds is 4. The highest BCUT2D eigenvalue weighted by atomic mass is 32.2. The minimum Gasteiger partial charge on any atom is -0.454 e. The Balaban J connectivity index is 1.76. The van der Waals surface area contributed by atoms with Crippen LogP contribution in [0, 0.1) is 0 Å². The van der Waals surface area contributed by atoms with Crippen LogP contribution in [0.2, 0.25) is 0 Å². The number of carbonyl (C=O) groups excluding carboxylic acids is 2. The van der Waals surface area contributed by atoms with Gasteiger partial charge in [-0.15, -0.1) is 0 Å². The predicted molar refractivity (Wildman–Crippen MR) is 97.3 cm³/mol. The van der Waals surface area contributed by atoms with Gasteiger partial charge in [0.15, 0.2) is 6.61 Å². The zero-order valence-corrected chi connectivity index (χ0v) is 15.6. The number of amides is 1. The number of esters is 1. The van der Waals surface area contributed by atoms with E-state index in [1.165, 1.54) is 6.07 Å². The number of nitrogens with one attached hydrogen (secondary N) is 1. The van der Waals surface area contributed by atoms with E-state index in [2.05, 4.69) is 5.32 Å². The van der Waals surface area contributed by atoms with Crippen LogP contribution in [0.4, 0.5) is 5.69 Å². The van der Waals surface area contributed by atoms with Crippen molar-refractivity contribution in [3.05, 3.63) is 36.4 Å². The van der Waals surface area contributed by atoms with Crippen molar-refractivity contribution in [3.8, 4) is 0 Å². The number of sulfonamides is 1. The van der Waals surface area contributed by atoms with Gasteiger partial charge >= 0.3 is 5.97 Å². The number of benzene rings is 2. The van der Waals surface area contributed by atoms with Gasteiger partial charge in [0, 0.05) is 10.9 Å². The van der Waals surface area contributed by atoms with Gasteiger partial charge in [0.2, 0.25) is 0 Å². The van der Waals surface area contributed by atoms with Crippen LogP contribution in [-0.4, -0.2) is 39.0 Å². The third-order valence-electron chi connectivity index (χ3n) is 3.83. The third kappa shape index (κ3) is 3.37. The van der Waals surface area contributed by atoms with Crippen LogP contribution in [0.15, 0.2) is 41.3 Å². The fourth-order valence-electron chi connectivity index (χ4n) is 2.89. The minimum absolute atomic E-state index is 0.170. The highest BCUT2D eigenvalue weighted by molar-refractivity contribution is 7.93. The SMILES string of the molecule is CC(C)(C)NC(=O)COC(=O)CN1c2cccc3cccc(c23)S1(=O)=O. The van der Waals surface area contributed by atoms with Crippen LogP contribution in [0.25, 0.3) is 10.8 Å². The Morgan fingerprint density at radius 1 is 1.12 bits per heavy atom. The van der Waals surface area contributed by atoms with Crippen LogP contribution < -0.4 is 9.62 Å². The summed E-state index contributed by atoms with van der Waals surface area (Å²) in [5.74, 6) is -1.23. The van der Waals surface area contributed by atoms with Gasteiger partial charge in [0.1, 0.15) is 6.54 Å². The fourth-order valence-corrected chi connectivity index (χ4v) is 4.55. The Hall–Kier alpha value is -2.61. The smallest absolute Gasteiger partial charge is 0.327 e. The molecular weight excluding hydrogens is 356 g/mol. The summed E-state index contributed by atoms with van der Waals surface area (Å²) in [7, 11) is -3.83. The van der Waals surface area contributed by atoms with Gasteiger partial charge in [-0.3, -0.25) is 13.9 Å². The molecule has 138 valence electrons. The Morgan fingerprint density at radius 3 is 2.42 bits per heavy atom. The van der Waals surface area contributed by atoms with Crippen LogP contribution in [0.3, 0.4) is 0 Å². The van der Waals surface area contributed by atoms with E-state index < -0.39 is 40.6 Å². The first-order valence-electron chi connectivity index (χ1n) is 8.11. The lowest BCUT2D eigenvalue weighted by molar-refractivity contribution is -0.147. The lowest BCUT2D eigenvalue weighted by Crippen LogP contribution is -2.43. The van der Waals surface area contributed by atoms with Crippen molar-refractivity contribution in [1.29, 1.82) is 0 Å². The van der Waals surface area contributed by atoms with Crippen molar-refractivity contribution < 1.29 is 22.7 Å². The number of hydrogen-bond acceptors (Lipinski definition) is 5. The maximum atomic E-state index is 12.8. The molecule has 0 bridgehead atoms. The summed E-state index contributed by atoms with van der Waals surface area (Å²) < 4.78 is 31.5. The van der Waals surface area contributed by atoms with Crippen molar-refractivity contribution in [1.82, 2.24) is 5.32 Å². The molecule has 1 aliphatic rings. The Labute approximate surface area is 152 Å². The fraction of sp³-hybridized carbons (Fsp3) is 0.333. The van der Waals surface area contributed by atoms with Gasteiger partial charge in [-0.05, 0) is 38.3 Å². The molecule has 26 heavy (non-hydrogen) atoms. The molecule has 0 spiro atoms. The Morgan fingerprint density at radius 2 is 1.77 bits per heavy atom. The summed E-state index contributed by atoms with van der Waals surface area (Å²) >= 11 is 0. The zero-order valence-electron chi connectivity index (χ0n) is 14.8. The number of hydrogen-bond donors (Lipinski definition) is 1. The maximum Gasteiger partial charge on any atom is 0.327 e. The van der Waals surface area contributed by atoms with Gasteiger partial charge in [0.25, 0.3) is 15.9 Å². The van der Waals surface area contributed by atoms with Crippen molar-refractivity contribution in [3.63, 3.8) is 0 Å². The van der Waals surface area contributed by atoms with E-state index in [0.29, 0.717) is 11.1 Å². The van der Waals surface area contributed by atoms with Crippen molar-refractivity contribution in [2.24, 2.45) is 0 Å². The summed E-state index contributed by atoms with van der Waals surface area (Å²) in [4.78, 5) is 24.0. The molecule has 0 saturated heterocycles. The summed E-state index contributed by atoms with van der Waals surface area (Å²) in [5, 5.41) is 4.04. The van der Waals surface area contributed by atoms with Gasteiger partial charge in [-0.25, -0.2) is 8.42 Å². The summed E-state index contributed by atoms with van der Waals surface area (Å²) in [6.07, 6.45) is 0. The van der Waals surface area contributed by atoms with E-state index in [0.717, 1.165) is 9.69 Å². The summed E-state index contributed by atoms with van der Waals surface area (Å²) in [6, 6.07) is 10.2. The van der Waals surface area contributed by atoms with Crippen LogP contribution in [0.5, 0.6) is 0 Å². The first kappa shape index (κ1) is 18.2. The Kier molecular flexibility index (Phi) is 4.39. The number of nitrogens with zero attached hydrogens (tertiary/aromatic N) is 1. The first-order chi connectivity index (χ1) is 12.1. The topological polar surface area (TPSA) is 92.8 Å². The van der Waals surface area contributed by atoms with Crippen LogP contribution in [-0.2, 0) is 24.3 Å². The quantitative estimate of drug-likeness (QED) is 0.822. The molecule has 1 N–H and O–H groups in total. The molecule has 7 nitrogen and oxygen atoms in total. The maximum absolute atomic E-state index is 12.8. The molecule has 1 aliphatic heterocycles. The second kappa shape index (κ2) is 6.28. The largest absolute Gasteiger partial charge is 0.454 e. The standard InChI is InChI=1S/C18H20N2O5S/c1-18(2,3)19-15(21)11-25-16(22)10-20-13-8-4-6-12-7-5-9-14(17(12)13)26(20,23)24/h4-9H,10-11H2,1-3H3,(H,19,21). The lowest BCUT2D eigenvalue weighted by Gasteiger charge is -2.21. The molecule has 3 rings (SSSR count). The van der Waals surface area contributed by atoms with Gasteiger partial charge in [-0.2, -0.15) is 0 Å². The van der Waals surface area contributed by atoms with E-state index >= 15 is 0 Å². The molecule has 0 aromatic heterocycles. The molecule has 2 aromatic carbocycles. The molecule has 0 radical (unpaired) electrons. The highest BCUT2D eigenvalue weighted by Crippen LogP contribution is 2.41. The van der Waals surface area contributed by atoms with Crippen molar-refractivity contribution >= 4 is 38.4 Å². The molecule has 0 aliphatic carbocycles.